The average Bonchev–Trinajstić information content (AvgIpc) is 4.10. The molecule has 0 spiro atoms. The van der Waals surface area contributed by atoms with Gasteiger partial charge in [-0.3, -0.25) is 33.6 Å². The van der Waals surface area contributed by atoms with Crippen molar-refractivity contribution in [2.75, 3.05) is 62.8 Å². The molecule has 67 heavy (non-hydrogen) atoms. The van der Waals surface area contributed by atoms with Crippen LogP contribution in [0.25, 0.3) is 10.9 Å². The van der Waals surface area contributed by atoms with Crippen molar-refractivity contribution in [3.63, 3.8) is 0 Å². The predicted octanol–water partition coefficient (Wildman–Crippen LogP) is 2.99. The number of aliphatic carboxylic acids is 3. The number of carbonyl (C=O) groups excluding carboxylic acids is 1. The maximum absolute atomic E-state index is 16.4. The number of carboxylic acids is 3. The monoisotopic (exact) mass is 942 g/mol. The zero-order chi connectivity index (χ0) is 49.2. The van der Waals surface area contributed by atoms with E-state index in [0.717, 1.165) is 31.0 Å². The number of unbranched alkanes of at least 4 members (excludes halogenated alkanes) is 1. The molecule has 1 saturated carbocycles. The van der Waals surface area contributed by atoms with Crippen molar-refractivity contribution in [3.8, 4) is 0 Å². The minimum absolute atomic E-state index is 0.0273. The number of halogens is 2. The van der Waals surface area contributed by atoms with Crippen LogP contribution in [0.4, 0.5) is 26.0 Å². The van der Waals surface area contributed by atoms with E-state index in [4.69, 9.17) is 35.0 Å². The number of carboxylic acid groups (broad SMARTS) is 3. The molecule has 2 aliphatic rings. The smallest absolute Gasteiger partial charge is 0.343 e. The van der Waals surface area contributed by atoms with Crippen molar-refractivity contribution in [2.45, 2.75) is 89.9 Å². The molecular weight excluding hydrogens is 887 g/mol. The maximum Gasteiger partial charge on any atom is 0.343 e. The molecular formula is C45H56F2N6O14. The predicted molar refractivity (Wildman–Crippen MR) is 239 cm³/mol. The van der Waals surface area contributed by atoms with Crippen molar-refractivity contribution in [1.82, 2.24) is 19.0 Å². The van der Waals surface area contributed by atoms with E-state index >= 15 is 8.78 Å². The standard InChI is InChI=1S/C39H48F2N6O7.C6H8O7/c1-4-26-19-27(8-7-24(26)2)42-32-21-33(49)46(39(52)43-32)12-6-5-11-44-13-14-45(22-25(44)3)36-31(40)20-29-35(34(36)41)47(28-9-10-28)23-30(37(29)50)38(51)54-18-17-53-16-15-48;7-3(8)1-6(13,5(11)12)2-4(9)10/h7-8,19-21,23,25,28,42,48H,4-6,9-18,22H2,1-3H3,(H,43,52);13H,1-2H2,(H,7,8)(H,9,10)(H,11,12)/t25-;/m0./s1. The van der Waals surface area contributed by atoms with E-state index in [1.165, 1.54) is 28.0 Å². The van der Waals surface area contributed by atoms with Crippen molar-refractivity contribution in [2.24, 2.45) is 0 Å². The summed E-state index contributed by atoms with van der Waals surface area (Å²) < 4.78 is 45.2. The molecule has 2 aromatic carbocycles. The van der Waals surface area contributed by atoms with Crippen LogP contribution in [0, 0.1) is 18.6 Å². The molecule has 22 heteroatoms. The Kier molecular flexibility index (Phi) is 17.5. The number of ether oxygens (including phenoxy) is 2. The van der Waals surface area contributed by atoms with Gasteiger partial charge in [0.1, 0.15) is 29.5 Å². The molecule has 364 valence electrons. The van der Waals surface area contributed by atoms with Gasteiger partial charge in [0.25, 0.3) is 5.56 Å². The van der Waals surface area contributed by atoms with E-state index < -0.39 is 70.6 Å². The van der Waals surface area contributed by atoms with Crippen LogP contribution in [0.2, 0.25) is 0 Å². The fourth-order valence-electron chi connectivity index (χ4n) is 7.86. The molecule has 1 atom stereocenters. The third-order valence-corrected chi connectivity index (χ3v) is 11.5. The summed E-state index contributed by atoms with van der Waals surface area (Å²) in [6.45, 7) is 8.00. The van der Waals surface area contributed by atoms with Crippen molar-refractivity contribution in [3.05, 3.63) is 95.9 Å². The largest absolute Gasteiger partial charge is 0.481 e. The Labute approximate surface area is 382 Å². The van der Waals surface area contributed by atoms with Gasteiger partial charge < -0.3 is 49.8 Å². The summed E-state index contributed by atoms with van der Waals surface area (Å²) in [5, 5.41) is 45.5. The first kappa shape index (κ1) is 51.5. The Morgan fingerprint density at radius 2 is 1.63 bits per heavy atom. The molecule has 0 radical (unpaired) electrons. The number of fused-ring (bicyclic) bond motifs is 1. The number of nitrogens with zero attached hydrogens (tertiary/aromatic N) is 4. The van der Waals surface area contributed by atoms with Gasteiger partial charge in [-0.05, 0) is 81.8 Å². The van der Waals surface area contributed by atoms with Crippen LogP contribution in [-0.2, 0) is 36.8 Å². The van der Waals surface area contributed by atoms with Gasteiger partial charge in [0.2, 0.25) is 5.43 Å². The molecule has 1 aliphatic carbocycles. The quantitative estimate of drug-likeness (QED) is 0.0467. The lowest BCUT2D eigenvalue weighted by Gasteiger charge is -2.41. The first-order valence-corrected chi connectivity index (χ1v) is 21.8. The topological polar surface area (TPSA) is 283 Å². The highest BCUT2D eigenvalue weighted by atomic mass is 19.1. The third-order valence-electron chi connectivity index (χ3n) is 11.5. The number of carbonyl (C=O) groups is 4. The van der Waals surface area contributed by atoms with Gasteiger partial charge in [-0.15, -0.1) is 0 Å². The molecule has 2 fully saturated rings. The molecule has 0 amide bonds. The summed E-state index contributed by atoms with van der Waals surface area (Å²) in [7, 11) is 0. The van der Waals surface area contributed by atoms with E-state index in [1.807, 2.05) is 32.0 Å². The van der Waals surface area contributed by atoms with Gasteiger partial charge >= 0.3 is 29.6 Å². The average molecular weight is 943 g/mol. The number of esters is 1. The Morgan fingerprint density at radius 3 is 2.22 bits per heavy atom. The van der Waals surface area contributed by atoms with Gasteiger partial charge in [-0.1, -0.05) is 13.0 Å². The van der Waals surface area contributed by atoms with Crippen LogP contribution >= 0.6 is 0 Å². The summed E-state index contributed by atoms with van der Waals surface area (Å²) in [5.41, 5.74) is -1.84. The number of H-pyrrole nitrogens is 1. The van der Waals surface area contributed by atoms with Crippen LogP contribution < -0.4 is 26.9 Å². The number of rotatable bonds is 21. The van der Waals surface area contributed by atoms with Crippen molar-refractivity contribution >= 4 is 52.0 Å². The van der Waals surface area contributed by atoms with Crippen LogP contribution in [0.5, 0.6) is 0 Å². The molecule has 6 rings (SSSR count). The number of benzene rings is 2. The summed E-state index contributed by atoms with van der Waals surface area (Å²) in [4.78, 5) is 89.0. The SMILES string of the molecule is CCc1cc(Nc2cc(=O)n(CCCCN3CCN(c4c(F)cc5c(=O)c(C(=O)OCCOCCO)cn(C6CC6)c5c4F)C[C@@H]3C)c(=O)[nH]2)ccc1C.O=C(O)CC(O)(CC(=O)O)C(=O)O. The molecule has 7 N–H and O–H groups in total. The Bertz CT molecular complexity index is 2600. The lowest BCUT2D eigenvalue weighted by molar-refractivity contribution is -0.170. The highest BCUT2D eigenvalue weighted by Gasteiger charge is 2.41. The van der Waals surface area contributed by atoms with Crippen molar-refractivity contribution in [1.29, 1.82) is 0 Å². The fourth-order valence-corrected chi connectivity index (χ4v) is 7.86. The second-order valence-electron chi connectivity index (χ2n) is 16.5. The number of nitrogens with one attached hydrogen (secondary N) is 2. The number of aromatic amines is 1. The lowest BCUT2D eigenvalue weighted by Crippen LogP contribution is -2.52. The molecule has 2 aromatic heterocycles. The molecule has 0 unspecified atom stereocenters. The highest BCUT2D eigenvalue weighted by Crippen LogP contribution is 2.40. The minimum Gasteiger partial charge on any atom is -0.481 e. The first-order valence-electron chi connectivity index (χ1n) is 21.8. The number of hydrogen-bond donors (Lipinski definition) is 7. The lowest BCUT2D eigenvalue weighted by atomic mass is 9.96. The van der Waals surface area contributed by atoms with E-state index in [-0.39, 0.29) is 67.2 Å². The van der Waals surface area contributed by atoms with Crippen LogP contribution in [0.15, 0.2) is 50.9 Å². The number of pyridine rings is 1. The highest BCUT2D eigenvalue weighted by molar-refractivity contribution is 5.95. The van der Waals surface area contributed by atoms with E-state index in [0.29, 0.717) is 44.8 Å². The van der Waals surface area contributed by atoms with Gasteiger partial charge in [0, 0.05) is 56.2 Å². The third kappa shape index (κ3) is 13.1. The second kappa shape index (κ2) is 22.8. The molecule has 1 aliphatic heterocycles. The molecule has 3 heterocycles. The Morgan fingerprint density at radius 1 is 0.940 bits per heavy atom. The maximum atomic E-state index is 16.4. The minimum atomic E-state index is -2.74. The zero-order valence-corrected chi connectivity index (χ0v) is 37.4. The van der Waals surface area contributed by atoms with Gasteiger partial charge in [-0.25, -0.2) is 23.2 Å². The molecule has 4 aromatic rings. The number of aliphatic hydroxyl groups is 2. The molecule has 20 nitrogen and oxygen atoms in total. The first-order chi connectivity index (χ1) is 31.8. The van der Waals surface area contributed by atoms with Crippen LogP contribution in [0.1, 0.15) is 79.9 Å². The summed E-state index contributed by atoms with van der Waals surface area (Å²) in [6.07, 6.45) is 2.63. The number of aliphatic hydroxyl groups excluding tert-OH is 1. The van der Waals surface area contributed by atoms with Gasteiger partial charge in [0.05, 0.1) is 43.6 Å². The Hall–Kier alpha value is -6.49. The zero-order valence-electron chi connectivity index (χ0n) is 37.4. The number of piperazine rings is 1. The van der Waals surface area contributed by atoms with E-state index in [1.54, 1.807) is 9.47 Å². The number of anilines is 3. The van der Waals surface area contributed by atoms with Crippen molar-refractivity contribution < 1.29 is 63.0 Å². The second-order valence-corrected chi connectivity index (χ2v) is 16.5. The number of aryl methyl sites for hydroxylation is 2. The van der Waals surface area contributed by atoms with Crippen LogP contribution in [-0.4, -0.2) is 133 Å². The number of hydrogen-bond acceptors (Lipinski definition) is 14. The van der Waals surface area contributed by atoms with Crippen LogP contribution in [0.3, 0.4) is 0 Å². The van der Waals surface area contributed by atoms with E-state index in [2.05, 4.69) is 22.1 Å². The van der Waals surface area contributed by atoms with Gasteiger partial charge in [-0.2, -0.15) is 0 Å². The molecule has 0 bridgehead atoms. The number of aromatic nitrogens is 3. The fraction of sp³-hybridized carbons (Fsp3) is 0.489. The molecule has 1 saturated heterocycles. The summed E-state index contributed by atoms with van der Waals surface area (Å²) in [5.74, 6) is -7.32. The Balaban J connectivity index is 0.000000563. The summed E-state index contributed by atoms with van der Waals surface area (Å²) in [6, 6.07) is 8.10. The normalized spacial score (nSPS) is 15.2. The van der Waals surface area contributed by atoms with Gasteiger partial charge in [0.15, 0.2) is 11.4 Å². The summed E-state index contributed by atoms with van der Waals surface area (Å²) >= 11 is 0. The van der Waals surface area contributed by atoms with E-state index in [9.17, 15) is 33.6 Å².